The summed E-state index contributed by atoms with van der Waals surface area (Å²) in [5.74, 6) is 0. The molecule has 0 amide bonds. The van der Waals surface area contributed by atoms with Gasteiger partial charge in [0.2, 0.25) is 0 Å². The molecule has 2 aromatic carbocycles. The number of epoxide rings is 1. The minimum atomic E-state index is -2.54. The highest BCUT2D eigenvalue weighted by molar-refractivity contribution is 6.99. The molecule has 4 heteroatoms. The van der Waals surface area contributed by atoms with E-state index in [2.05, 4.69) is 75.9 Å². The Labute approximate surface area is 163 Å². The van der Waals surface area contributed by atoms with Crippen LogP contribution < -0.4 is 10.4 Å². The molecule has 1 aliphatic heterocycles. The largest absolute Gasteiger partial charge is 0.405 e. The van der Waals surface area contributed by atoms with Gasteiger partial charge in [0.25, 0.3) is 8.32 Å². The van der Waals surface area contributed by atoms with Gasteiger partial charge in [-0.2, -0.15) is 0 Å². The number of aliphatic hydroxyl groups is 1. The maximum absolute atomic E-state index is 10.1. The summed E-state index contributed by atoms with van der Waals surface area (Å²) in [7, 11) is -2.54. The fraction of sp³-hybridized carbons (Fsp3) is 0.391. The molecule has 3 rings (SSSR count). The second-order valence-corrected chi connectivity index (χ2v) is 12.5. The lowest BCUT2D eigenvalue weighted by molar-refractivity contribution is 0.138. The zero-order valence-electron chi connectivity index (χ0n) is 16.5. The maximum atomic E-state index is 10.1. The molecule has 3 nitrogen and oxygen atoms in total. The molecule has 1 fully saturated rings. The van der Waals surface area contributed by atoms with Crippen LogP contribution in [0.3, 0.4) is 0 Å². The van der Waals surface area contributed by atoms with Crippen molar-refractivity contribution in [3.05, 3.63) is 73.3 Å². The van der Waals surface area contributed by atoms with Crippen LogP contribution in [0, 0.1) is 0 Å². The zero-order valence-corrected chi connectivity index (χ0v) is 17.5. The first kappa shape index (κ1) is 20.0. The summed E-state index contributed by atoms with van der Waals surface area (Å²) >= 11 is 0. The fourth-order valence-electron chi connectivity index (χ4n) is 3.90. The molecule has 1 heterocycles. The molecule has 144 valence electrons. The van der Waals surface area contributed by atoms with Crippen LogP contribution in [0.2, 0.25) is 5.04 Å². The molecule has 27 heavy (non-hydrogen) atoms. The van der Waals surface area contributed by atoms with Crippen molar-refractivity contribution < 1.29 is 14.3 Å². The van der Waals surface area contributed by atoms with E-state index in [-0.39, 0.29) is 17.2 Å². The average molecular weight is 383 g/mol. The van der Waals surface area contributed by atoms with Crippen LogP contribution in [0.4, 0.5) is 0 Å². The Kier molecular flexibility index (Phi) is 6.01. The smallest absolute Gasteiger partial charge is 0.261 e. The predicted molar refractivity (Wildman–Crippen MR) is 113 cm³/mol. The highest BCUT2D eigenvalue weighted by Crippen LogP contribution is 2.38. The molecule has 0 radical (unpaired) electrons. The Morgan fingerprint density at radius 2 is 1.59 bits per heavy atom. The number of rotatable bonds is 8. The van der Waals surface area contributed by atoms with Crippen molar-refractivity contribution >= 4 is 18.7 Å². The van der Waals surface area contributed by atoms with Gasteiger partial charge in [-0.15, -0.1) is 6.58 Å². The van der Waals surface area contributed by atoms with Gasteiger partial charge in [0, 0.05) is 0 Å². The zero-order chi connectivity index (χ0) is 19.5. The van der Waals surface area contributed by atoms with Gasteiger partial charge in [-0.25, -0.2) is 0 Å². The summed E-state index contributed by atoms with van der Waals surface area (Å²) in [6.45, 7) is 11.0. The van der Waals surface area contributed by atoms with Crippen molar-refractivity contribution in [3.63, 3.8) is 0 Å². The number of ether oxygens (including phenoxy) is 1. The Morgan fingerprint density at radius 3 is 2.04 bits per heavy atom. The topological polar surface area (TPSA) is 42.0 Å². The second-order valence-electron chi connectivity index (χ2n) is 8.21. The predicted octanol–water partition coefficient (Wildman–Crippen LogP) is 3.27. The van der Waals surface area contributed by atoms with E-state index >= 15 is 0 Å². The SMILES string of the molecule is C=CC[C@H](O)[C@@H]1O[C@H]1CO[Si](c1ccccc1)(c1ccccc1)C(C)(C)C. The standard InChI is InChI=1S/C23H30O3Si/c1-5-12-20(24)22-21(26-22)17-25-27(23(2,3)4,18-13-8-6-9-14-18)19-15-10-7-11-16-19/h5-11,13-16,20-22,24H,1,12,17H2,2-4H3/t20-,21-,22-/m0/s1. The van der Waals surface area contributed by atoms with Crippen LogP contribution in [0.1, 0.15) is 27.2 Å². The minimum Gasteiger partial charge on any atom is -0.405 e. The molecule has 1 N–H and O–H groups in total. The first-order valence-electron chi connectivity index (χ1n) is 9.59. The van der Waals surface area contributed by atoms with Crippen LogP contribution in [0.5, 0.6) is 0 Å². The van der Waals surface area contributed by atoms with Crippen molar-refractivity contribution in [2.24, 2.45) is 0 Å². The van der Waals surface area contributed by atoms with Crippen molar-refractivity contribution in [2.45, 2.75) is 50.5 Å². The van der Waals surface area contributed by atoms with Gasteiger partial charge in [-0.05, 0) is 21.8 Å². The van der Waals surface area contributed by atoms with E-state index in [0.717, 1.165) is 0 Å². The number of hydrogen-bond acceptors (Lipinski definition) is 3. The molecule has 0 bridgehead atoms. The summed E-state index contributed by atoms with van der Waals surface area (Å²) in [6.07, 6.45) is 1.56. The minimum absolute atomic E-state index is 0.0541. The summed E-state index contributed by atoms with van der Waals surface area (Å²) in [6, 6.07) is 21.1. The molecule has 1 saturated heterocycles. The van der Waals surface area contributed by atoms with E-state index in [0.29, 0.717) is 13.0 Å². The second kappa shape index (κ2) is 8.11. The van der Waals surface area contributed by atoms with E-state index in [1.807, 2.05) is 12.1 Å². The summed E-state index contributed by atoms with van der Waals surface area (Å²) in [4.78, 5) is 0. The molecule has 0 saturated carbocycles. The van der Waals surface area contributed by atoms with Gasteiger partial charge in [0.15, 0.2) is 0 Å². The third-order valence-corrected chi connectivity index (χ3v) is 10.3. The highest BCUT2D eigenvalue weighted by Gasteiger charge is 2.52. The quantitative estimate of drug-likeness (QED) is 0.433. The molecule has 2 aromatic rings. The number of hydrogen-bond donors (Lipinski definition) is 1. The van der Waals surface area contributed by atoms with Gasteiger partial charge in [0.05, 0.1) is 12.7 Å². The molecule has 0 aliphatic carbocycles. The molecule has 0 spiro atoms. The lowest BCUT2D eigenvalue weighted by Gasteiger charge is -2.43. The van der Waals surface area contributed by atoms with Crippen LogP contribution in [-0.4, -0.2) is 38.3 Å². The monoisotopic (exact) mass is 382 g/mol. The lowest BCUT2D eigenvalue weighted by Crippen LogP contribution is -2.66. The Balaban J connectivity index is 1.92. The molecule has 0 aromatic heterocycles. The van der Waals surface area contributed by atoms with Crippen LogP contribution >= 0.6 is 0 Å². The van der Waals surface area contributed by atoms with Crippen molar-refractivity contribution in [1.82, 2.24) is 0 Å². The van der Waals surface area contributed by atoms with E-state index in [1.165, 1.54) is 10.4 Å². The van der Waals surface area contributed by atoms with Crippen molar-refractivity contribution in [2.75, 3.05) is 6.61 Å². The molecule has 1 aliphatic rings. The van der Waals surface area contributed by atoms with E-state index < -0.39 is 14.4 Å². The third kappa shape index (κ3) is 4.09. The Hall–Kier alpha value is -1.72. The van der Waals surface area contributed by atoms with E-state index in [9.17, 15) is 5.11 Å². The molecule has 0 unspecified atom stereocenters. The average Bonchev–Trinajstić information content (AvgIpc) is 3.43. The summed E-state index contributed by atoms with van der Waals surface area (Å²) in [5.41, 5.74) is 0. The van der Waals surface area contributed by atoms with Crippen LogP contribution in [0.25, 0.3) is 0 Å². The third-order valence-electron chi connectivity index (χ3n) is 5.29. The van der Waals surface area contributed by atoms with Gasteiger partial charge in [-0.3, -0.25) is 0 Å². The number of benzene rings is 2. The summed E-state index contributed by atoms with van der Waals surface area (Å²) < 4.78 is 12.5. The molecular formula is C23H30O3Si. The van der Waals surface area contributed by atoms with Gasteiger partial charge in [-0.1, -0.05) is 87.5 Å². The highest BCUT2D eigenvalue weighted by atomic mass is 28.4. The van der Waals surface area contributed by atoms with Gasteiger partial charge >= 0.3 is 0 Å². The van der Waals surface area contributed by atoms with E-state index in [4.69, 9.17) is 9.16 Å². The molecular weight excluding hydrogens is 352 g/mol. The van der Waals surface area contributed by atoms with Gasteiger partial charge in [0.1, 0.15) is 12.2 Å². The molecule has 3 atom stereocenters. The first-order valence-corrected chi connectivity index (χ1v) is 11.5. The van der Waals surface area contributed by atoms with Crippen molar-refractivity contribution in [1.29, 1.82) is 0 Å². The number of aliphatic hydroxyl groups excluding tert-OH is 1. The van der Waals surface area contributed by atoms with Crippen LogP contribution in [0.15, 0.2) is 73.3 Å². The van der Waals surface area contributed by atoms with E-state index in [1.54, 1.807) is 6.08 Å². The first-order chi connectivity index (χ1) is 12.9. The Morgan fingerprint density at radius 1 is 1.07 bits per heavy atom. The fourth-order valence-corrected chi connectivity index (χ4v) is 8.47. The normalized spacial score (nSPS) is 20.9. The lowest BCUT2D eigenvalue weighted by atomic mass is 10.1. The van der Waals surface area contributed by atoms with Crippen molar-refractivity contribution in [3.8, 4) is 0 Å². The van der Waals surface area contributed by atoms with Crippen LogP contribution in [-0.2, 0) is 9.16 Å². The van der Waals surface area contributed by atoms with Gasteiger partial charge < -0.3 is 14.3 Å². The maximum Gasteiger partial charge on any atom is 0.261 e. The Bertz CT molecular complexity index is 700. The summed E-state index contributed by atoms with van der Waals surface area (Å²) in [5, 5.41) is 12.6.